The summed E-state index contributed by atoms with van der Waals surface area (Å²) in [6.07, 6.45) is 0. The highest BCUT2D eigenvalue weighted by molar-refractivity contribution is 8.00. The highest BCUT2D eigenvalue weighted by Gasteiger charge is 2.24. The molecule has 170 valence electrons. The van der Waals surface area contributed by atoms with Crippen LogP contribution < -0.4 is 14.8 Å². The third-order valence-corrected chi connectivity index (χ3v) is 6.87. The normalized spacial score (nSPS) is 11.8. The van der Waals surface area contributed by atoms with Crippen molar-refractivity contribution in [2.24, 2.45) is 0 Å². The number of nitrogens with zero attached hydrogens (tertiary/aromatic N) is 3. The van der Waals surface area contributed by atoms with Crippen LogP contribution in [0.2, 0.25) is 0 Å². The van der Waals surface area contributed by atoms with Crippen molar-refractivity contribution < 1.29 is 14.3 Å². The van der Waals surface area contributed by atoms with Gasteiger partial charge in [0.25, 0.3) is 0 Å². The topological polar surface area (TPSA) is 78.3 Å². The molecular weight excluding hydrogens is 456 g/mol. The Labute approximate surface area is 200 Å². The largest absolute Gasteiger partial charge is 0.495 e. The van der Waals surface area contributed by atoms with Gasteiger partial charge in [0.1, 0.15) is 11.5 Å². The van der Waals surface area contributed by atoms with E-state index in [2.05, 4.69) is 15.5 Å². The molecule has 33 heavy (non-hydrogen) atoms. The molecule has 2 heterocycles. The number of methoxy groups -OCH3 is 2. The fourth-order valence-corrected chi connectivity index (χ4v) is 4.87. The molecule has 1 atom stereocenters. The van der Waals surface area contributed by atoms with E-state index in [-0.39, 0.29) is 5.91 Å². The number of thioether (sulfide) groups is 1. The second-order valence-electron chi connectivity index (χ2n) is 7.24. The maximum atomic E-state index is 13.0. The molecule has 4 rings (SSSR count). The molecule has 2 aromatic carbocycles. The summed E-state index contributed by atoms with van der Waals surface area (Å²) in [6.45, 7) is 3.81. The zero-order chi connectivity index (χ0) is 23.4. The van der Waals surface area contributed by atoms with E-state index in [1.54, 1.807) is 25.6 Å². The molecule has 0 spiro atoms. The predicted molar refractivity (Wildman–Crippen MR) is 133 cm³/mol. The lowest BCUT2D eigenvalue weighted by atomic mass is 10.2. The minimum Gasteiger partial charge on any atom is -0.495 e. The van der Waals surface area contributed by atoms with E-state index in [4.69, 9.17) is 9.47 Å². The molecule has 0 bridgehead atoms. The van der Waals surface area contributed by atoms with Gasteiger partial charge in [-0.1, -0.05) is 36.0 Å². The first-order chi connectivity index (χ1) is 16.0. The Bertz CT molecular complexity index is 1250. The summed E-state index contributed by atoms with van der Waals surface area (Å²) >= 11 is 2.91. The number of amides is 1. The Morgan fingerprint density at radius 2 is 1.85 bits per heavy atom. The molecule has 0 aliphatic carbocycles. The van der Waals surface area contributed by atoms with Gasteiger partial charge in [-0.05, 0) is 55.1 Å². The van der Waals surface area contributed by atoms with Crippen molar-refractivity contribution in [1.82, 2.24) is 14.8 Å². The monoisotopic (exact) mass is 480 g/mol. The van der Waals surface area contributed by atoms with Crippen molar-refractivity contribution in [3.8, 4) is 27.9 Å². The highest BCUT2D eigenvalue weighted by atomic mass is 32.2. The first kappa shape index (κ1) is 22.9. The van der Waals surface area contributed by atoms with Gasteiger partial charge in [0, 0.05) is 0 Å². The molecule has 4 aromatic rings. The summed E-state index contributed by atoms with van der Waals surface area (Å²) in [5, 5.41) is 14.0. The average Bonchev–Trinajstić information content (AvgIpc) is 3.49. The summed E-state index contributed by atoms with van der Waals surface area (Å²) in [7, 11) is 3.21. The van der Waals surface area contributed by atoms with Crippen molar-refractivity contribution >= 4 is 34.7 Å². The molecule has 9 heteroatoms. The smallest absolute Gasteiger partial charge is 0.237 e. The summed E-state index contributed by atoms with van der Waals surface area (Å²) in [5.74, 6) is 1.85. The summed E-state index contributed by atoms with van der Waals surface area (Å²) in [6, 6.07) is 17.3. The van der Waals surface area contributed by atoms with Crippen LogP contribution in [0.15, 0.2) is 65.1 Å². The van der Waals surface area contributed by atoms with Crippen molar-refractivity contribution in [1.29, 1.82) is 0 Å². The van der Waals surface area contributed by atoms with E-state index in [1.165, 1.54) is 11.8 Å². The zero-order valence-corrected chi connectivity index (χ0v) is 20.4. The predicted octanol–water partition coefficient (Wildman–Crippen LogP) is 5.44. The van der Waals surface area contributed by atoms with Gasteiger partial charge in [-0.15, -0.1) is 21.5 Å². The first-order valence-electron chi connectivity index (χ1n) is 10.3. The Morgan fingerprint density at radius 3 is 2.58 bits per heavy atom. The Balaban J connectivity index is 1.66. The summed E-state index contributed by atoms with van der Waals surface area (Å²) < 4.78 is 12.9. The third-order valence-electron chi connectivity index (χ3n) is 4.97. The molecule has 0 saturated heterocycles. The molecule has 0 saturated carbocycles. The number of nitrogens with one attached hydrogen (secondary N) is 1. The number of rotatable bonds is 8. The first-order valence-corrected chi connectivity index (χ1v) is 12.0. The van der Waals surface area contributed by atoms with E-state index in [0.717, 1.165) is 16.1 Å². The van der Waals surface area contributed by atoms with E-state index < -0.39 is 5.25 Å². The van der Waals surface area contributed by atoms with E-state index in [0.29, 0.717) is 28.2 Å². The Hall–Kier alpha value is -3.30. The molecule has 0 aliphatic rings. The van der Waals surface area contributed by atoms with Crippen LogP contribution in [0.25, 0.3) is 16.4 Å². The van der Waals surface area contributed by atoms with Crippen molar-refractivity contribution in [3.05, 3.63) is 65.5 Å². The van der Waals surface area contributed by atoms with E-state index in [9.17, 15) is 4.79 Å². The highest BCUT2D eigenvalue weighted by Crippen LogP contribution is 2.35. The average molecular weight is 481 g/mol. The number of aryl methyl sites for hydroxylation is 1. The quantitative estimate of drug-likeness (QED) is 0.338. The maximum absolute atomic E-state index is 13.0. The van der Waals surface area contributed by atoms with Crippen molar-refractivity contribution in [2.75, 3.05) is 19.5 Å². The number of hydrogen-bond acceptors (Lipinski definition) is 7. The second kappa shape index (κ2) is 10.1. The van der Waals surface area contributed by atoms with Crippen molar-refractivity contribution in [3.63, 3.8) is 0 Å². The minimum absolute atomic E-state index is 0.156. The van der Waals surface area contributed by atoms with Gasteiger partial charge in [0.15, 0.2) is 11.0 Å². The number of para-hydroxylation sites is 2. The number of thiophene rings is 1. The van der Waals surface area contributed by atoms with Crippen LogP contribution in [0.4, 0.5) is 5.69 Å². The number of aromatic nitrogens is 3. The lowest BCUT2D eigenvalue weighted by molar-refractivity contribution is -0.115. The van der Waals surface area contributed by atoms with Gasteiger partial charge in [-0.3, -0.25) is 9.36 Å². The van der Waals surface area contributed by atoms with Crippen LogP contribution in [-0.2, 0) is 4.79 Å². The zero-order valence-electron chi connectivity index (χ0n) is 18.7. The van der Waals surface area contributed by atoms with Gasteiger partial charge in [0.05, 0.1) is 35.7 Å². The van der Waals surface area contributed by atoms with Crippen LogP contribution in [0.3, 0.4) is 0 Å². The van der Waals surface area contributed by atoms with Gasteiger partial charge < -0.3 is 14.8 Å². The van der Waals surface area contributed by atoms with Crippen LogP contribution in [0.5, 0.6) is 11.5 Å². The molecule has 2 aromatic heterocycles. The van der Waals surface area contributed by atoms with Gasteiger partial charge in [0.2, 0.25) is 5.91 Å². The van der Waals surface area contributed by atoms with E-state index >= 15 is 0 Å². The van der Waals surface area contributed by atoms with Crippen LogP contribution in [0, 0.1) is 6.92 Å². The molecular formula is C24H24N4O3S2. The van der Waals surface area contributed by atoms with Gasteiger partial charge >= 0.3 is 0 Å². The molecule has 0 aliphatic heterocycles. The fraction of sp³-hybridized carbons (Fsp3) is 0.208. The lowest BCUT2D eigenvalue weighted by Gasteiger charge is -2.16. The number of hydrogen-bond donors (Lipinski definition) is 1. The van der Waals surface area contributed by atoms with Crippen LogP contribution >= 0.6 is 23.1 Å². The van der Waals surface area contributed by atoms with Crippen molar-refractivity contribution in [2.45, 2.75) is 24.3 Å². The fourth-order valence-electron chi connectivity index (χ4n) is 3.31. The molecule has 1 unspecified atom stereocenters. The lowest BCUT2D eigenvalue weighted by Crippen LogP contribution is -2.23. The number of carbonyl (C=O) groups excluding carboxylic acids is 1. The molecule has 1 N–H and O–H groups in total. The number of benzene rings is 2. The standard InChI is InChI=1S/C24H24N4O3S2/c1-15-11-12-19(30-3)17(14-15)25-23(29)16(2)33-24-27-26-22(21-10-7-13-32-21)28(24)18-8-5-6-9-20(18)31-4/h5-14,16H,1-4H3,(H,25,29). The summed E-state index contributed by atoms with van der Waals surface area (Å²) in [5.41, 5.74) is 2.48. The molecule has 1 amide bonds. The molecule has 0 fully saturated rings. The summed E-state index contributed by atoms with van der Waals surface area (Å²) in [4.78, 5) is 14.0. The van der Waals surface area contributed by atoms with E-state index in [1.807, 2.05) is 78.4 Å². The third kappa shape index (κ3) is 4.89. The van der Waals surface area contributed by atoms with Crippen LogP contribution in [-0.4, -0.2) is 40.1 Å². The maximum Gasteiger partial charge on any atom is 0.237 e. The molecule has 7 nitrogen and oxygen atoms in total. The molecule has 0 radical (unpaired) electrons. The number of carbonyl (C=O) groups is 1. The number of anilines is 1. The minimum atomic E-state index is -0.441. The second-order valence-corrected chi connectivity index (χ2v) is 9.50. The van der Waals surface area contributed by atoms with Gasteiger partial charge in [-0.2, -0.15) is 0 Å². The Morgan fingerprint density at radius 1 is 1.06 bits per heavy atom. The van der Waals surface area contributed by atoms with Gasteiger partial charge in [-0.25, -0.2) is 0 Å². The Kier molecular flexibility index (Phi) is 7.00. The SMILES string of the molecule is COc1ccc(C)cc1NC(=O)C(C)Sc1nnc(-c2cccs2)n1-c1ccccc1OC. The number of ether oxygens (including phenoxy) is 2. The van der Waals surface area contributed by atoms with Crippen LogP contribution in [0.1, 0.15) is 12.5 Å².